The van der Waals surface area contributed by atoms with E-state index in [1.165, 1.54) is 12.0 Å². The first-order chi connectivity index (χ1) is 7.72. The quantitative estimate of drug-likeness (QED) is 0.871. The highest BCUT2D eigenvalue weighted by Gasteiger charge is 2.26. The van der Waals surface area contributed by atoms with Gasteiger partial charge in [-0.1, -0.05) is 29.8 Å². The van der Waals surface area contributed by atoms with Gasteiger partial charge >= 0.3 is 0 Å². The predicted molar refractivity (Wildman–Crippen MR) is 68.9 cm³/mol. The Kier molecular flexibility index (Phi) is 3.85. The molecule has 2 unspecified atom stereocenters. The van der Waals surface area contributed by atoms with E-state index in [0.717, 1.165) is 18.1 Å². The van der Waals surface area contributed by atoms with Crippen LogP contribution in [0.3, 0.4) is 0 Å². The SMILES string of the molecule is CNC1CCN(C(C)c2ccccc2Cl)C1. The van der Waals surface area contributed by atoms with Gasteiger partial charge in [-0.3, -0.25) is 4.90 Å². The number of hydrogen-bond acceptors (Lipinski definition) is 2. The van der Waals surface area contributed by atoms with Crippen LogP contribution in [-0.2, 0) is 0 Å². The third kappa shape index (κ3) is 2.40. The van der Waals surface area contributed by atoms with Crippen LogP contribution in [0.15, 0.2) is 24.3 Å². The Bertz CT molecular complexity index is 354. The lowest BCUT2D eigenvalue weighted by atomic mass is 10.1. The van der Waals surface area contributed by atoms with Crippen LogP contribution in [0.1, 0.15) is 24.9 Å². The van der Waals surface area contributed by atoms with Gasteiger partial charge in [0.05, 0.1) is 0 Å². The van der Waals surface area contributed by atoms with E-state index in [0.29, 0.717) is 12.1 Å². The first kappa shape index (κ1) is 11.9. The summed E-state index contributed by atoms with van der Waals surface area (Å²) in [6.07, 6.45) is 1.23. The van der Waals surface area contributed by atoms with Gasteiger partial charge in [0.1, 0.15) is 0 Å². The topological polar surface area (TPSA) is 15.3 Å². The second-order valence-electron chi connectivity index (χ2n) is 4.47. The number of halogens is 1. The number of rotatable bonds is 3. The van der Waals surface area contributed by atoms with Crippen LogP contribution >= 0.6 is 11.6 Å². The van der Waals surface area contributed by atoms with Crippen LogP contribution in [0, 0.1) is 0 Å². The first-order valence-corrected chi connectivity index (χ1v) is 6.26. The minimum absolute atomic E-state index is 0.409. The molecule has 2 rings (SSSR count). The Morgan fingerprint density at radius 2 is 2.19 bits per heavy atom. The summed E-state index contributed by atoms with van der Waals surface area (Å²) in [7, 11) is 2.04. The van der Waals surface area contributed by atoms with Gasteiger partial charge in [0.2, 0.25) is 0 Å². The minimum atomic E-state index is 0.409. The maximum absolute atomic E-state index is 6.23. The fourth-order valence-corrected chi connectivity index (χ4v) is 2.68. The van der Waals surface area contributed by atoms with Crippen LogP contribution in [0.4, 0.5) is 0 Å². The van der Waals surface area contributed by atoms with Gasteiger partial charge in [-0.05, 0) is 32.0 Å². The van der Waals surface area contributed by atoms with Crippen molar-refractivity contribution in [1.82, 2.24) is 10.2 Å². The molecule has 0 saturated carbocycles. The van der Waals surface area contributed by atoms with Crippen LogP contribution in [0.5, 0.6) is 0 Å². The molecule has 1 aromatic carbocycles. The molecule has 2 atom stereocenters. The van der Waals surface area contributed by atoms with Crippen LogP contribution < -0.4 is 5.32 Å². The van der Waals surface area contributed by atoms with E-state index < -0.39 is 0 Å². The van der Waals surface area contributed by atoms with Crippen LogP contribution in [-0.4, -0.2) is 31.1 Å². The molecule has 0 aliphatic carbocycles. The second-order valence-corrected chi connectivity index (χ2v) is 4.87. The highest BCUT2D eigenvalue weighted by molar-refractivity contribution is 6.31. The zero-order chi connectivity index (χ0) is 11.5. The number of nitrogens with zero attached hydrogens (tertiary/aromatic N) is 1. The van der Waals surface area contributed by atoms with E-state index in [-0.39, 0.29) is 0 Å². The summed E-state index contributed by atoms with van der Waals surface area (Å²) < 4.78 is 0. The predicted octanol–water partition coefficient (Wildman–Crippen LogP) is 2.69. The number of benzene rings is 1. The van der Waals surface area contributed by atoms with E-state index >= 15 is 0 Å². The molecule has 1 aliphatic rings. The minimum Gasteiger partial charge on any atom is -0.316 e. The van der Waals surface area contributed by atoms with E-state index in [9.17, 15) is 0 Å². The van der Waals surface area contributed by atoms with Crippen LogP contribution in [0.25, 0.3) is 0 Å². The lowest BCUT2D eigenvalue weighted by Crippen LogP contribution is -2.31. The Morgan fingerprint density at radius 1 is 1.44 bits per heavy atom. The lowest BCUT2D eigenvalue weighted by Gasteiger charge is -2.25. The Morgan fingerprint density at radius 3 is 2.81 bits per heavy atom. The molecule has 1 fully saturated rings. The van der Waals surface area contributed by atoms with Crippen molar-refractivity contribution in [2.45, 2.75) is 25.4 Å². The van der Waals surface area contributed by atoms with Crippen molar-refractivity contribution in [3.8, 4) is 0 Å². The summed E-state index contributed by atoms with van der Waals surface area (Å²) in [5, 5.41) is 4.22. The Labute approximate surface area is 103 Å². The van der Waals surface area contributed by atoms with Crippen molar-refractivity contribution < 1.29 is 0 Å². The monoisotopic (exact) mass is 238 g/mol. The van der Waals surface area contributed by atoms with Gasteiger partial charge in [-0.25, -0.2) is 0 Å². The number of hydrogen-bond donors (Lipinski definition) is 1. The second kappa shape index (κ2) is 5.17. The van der Waals surface area contributed by atoms with Gasteiger partial charge in [-0.15, -0.1) is 0 Å². The van der Waals surface area contributed by atoms with Gasteiger partial charge < -0.3 is 5.32 Å². The standard InChI is InChI=1S/C13H19ClN2/c1-10(12-5-3-4-6-13(12)14)16-8-7-11(9-16)15-2/h3-6,10-11,15H,7-9H2,1-2H3. The summed E-state index contributed by atoms with van der Waals surface area (Å²) in [5.41, 5.74) is 1.24. The van der Waals surface area contributed by atoms with Crippen molar-refractivity contribution in [2.75, 3.05) is 20.1 Å². The Hall–Kier alpha value is -0.570. The molecule has 0 spiro atoms. The molecule has 88 valence electrons. The van der Waals surface area contributed by atoms with Gasteiger partial charge in [-0.2, -0.15) is 0 Å². The fraction of sp³-hybridized carbons (Fsp3) is 0.538. The van der Waals surface area contributed by atoms with Gasteiger partial charge in [0.25, 0.3) is 0 Å². The normalized spacial score (nSPS) is 23.6. The molecule has 1 N–H and O–H groups in total. The van der Waals surface area contributed by atoms with Crippen molar-refractivity contribution >= 4 is 11.6 Å². The number of likely N-dealkylation sites (tertiary alicyclic amines) is 1. The molecule has 0 bridgehead atoms. The van der Waals surface area contributed by atoms with Crippen LogP contribution in [0.2, 0.25) is 5.02 Å². The molecule has 1 heterocycles. The van der Waals surface area contributed by atoms with Crippen molar-refractivity contribution in [3.63, 3.8) is 0 Å². The third-order valence-electron chi connectivity index (χ3n) is 3.53. The molecule has 3 heteroatoms. The average molecular weight is 239 g/mol. The molecule has 0 aromatic heterocycles. The largest absolute Gasteiger partial charge is 0.316 e. The lowest BCUT2D eigenvalue weighted by molar-refractivity contribution is 0.257. The summed E-state index contributed by atoms with van der Waals surface area (Å²) in [6.45, 7) is 4.50. The average Bonchev–Trinajstić information content (AvgIpc) is 2.77. The molecule has 0 amide bonds. The summed E-state index contributed by atoms with van der Waals surface area (Å²) >= 11 is 6.23. The molecule has 1 aromatic rings. The van der Waals surface area contributed by atoms with Crippen molar-refractivity contribution in [2.24, 2.45) is 0 Å². The van der Waals surface area contributed by atoms with E-state index in [4.69, 9.17) is 11.6 Å². The fourth-order valence-electron chi connectivity index (χ4n) is 2.39. The molecular weight excluding hydrogens is 220 g/mol. The maximum atomic E-state index is 6.23. The highest BCUT2D eigenvalue weighted by atomic mass is 35.5. The van der Waals surface area contributed by atoms with Gasteiger partial charge in [0, 0.05) is 30.2 Å². The highest BCUT2D eigenvalue weighted by Crippen LogP contribution is 2.29. The van der Waals surface area contributed by atoms with E-state index in [1.54, 1.807) is 0 Å². The molecule has 2 nitrogen and oxygen atoms in total. The molecule has 0 radical (unpaired) electrons. The summed E-state index contributed by atoms with van der Waals surface area (Å²) in [5.74, 6) is 0. The first-order valence-electron chi connectivity index (χ1n) is 5.88. The smallest absolute Gasteiger partial charge is 0.0453 e. The number of likely N-dealkylation sites (N-methyl/N-ethyl adjacent to an activating group) is 1. The van der Waals surface area contributed by atoms with E-state index in [1.807, 2.05) is 19.2 Å². The molecular formula is C13H19ClN2. The summed E-state index contributed by atoms with van der Waals surface area (Å²) in [6, 6.07) is 9.18. The zero-order valence-corrected chi connectivity index (χ0v) is 10.7. The maximum Gasteiger partial charge on any atom is 0.0453 e. The number of nitrogens with one attached hydrogen (secondary N) is 1. The van der Waals surface area contributed by atoms with E-state index in [2.05, 4.69) is 29.3 Å². The third-order valence-corrected chi connectivity index (χ3v) is 3.88. The molecule has 1 aliphatic heterocycles. The van der Waals surface area contributed by atoms with Crippen molar-refractivity contribution in [1.29, 1.82) is 0 Å². The van der Waals surface area contributed by atoms with Crippen molar-refractivity contribution in [3.05, 3.63) is 34.9 Å². The zero-order valence-electron chi connectivity index (χ0n) is 9.91. The summed E-state index contributed by atoms with van der Waals surface area (Å²) in [4.78, 5) is 2.49. The Balaban J connectivity index is 2.08. The molecule has 16 heavy (non-hydrogen) atoms. The van der Waals surface area contributed by atoms with Gasteiger partial charge in [0.15, 0.2) is 0 Å². The molecule has 1 saturated heterocycles.